The third-order valence-electron chi connectivity index (χ3n) is 14.0. The van der Waals surface area contributed by atoms with Gasteiger partial charge in [-0.15, -0.1) is 0 Å². The van der Waals surface area contributed by atoms with Gasteiger partial charge in [-0.2, -0.15) is 10.0 Å². The first-order valence-electron chi connectivity index (χ1n) is 18.8. The number of Topliss-reactive ketones (excluding diaryl/α,β-unsaturated/α-hetero) is 1. The topological polar surface area (TPSA) is 137 Å². The van der Waals surface area contributed by atoms with Gasteiger partial charge in [-0.05, 0) is 109 Å². The van der Waals surface area contributed by atoms with Crippen molar-refractivity contribution in [2.75, 3.05) is 7.05 Å². The number of carbonyl (C=O) groups is 4. The molecule has 5 aliphatic carbocycles. The number of rotatable bonds is 7. The summed E-state index contributed by atoms with van der Waals surface area (Å²) < 4.78 is 7.82. The summed E-state index contributed by atoms with van der Waals surface area (Å²) in [6.45, 7) is 17.5. The average molecular weight is 693 g/mol. The van der Waals surface area contributed by atoms with Crippen LogP contribution in [0.5, 0.6) is 0 Å². The van der Waals surface area contributed by atoms with Crippen LogP contribution >= 0.6 is 0 Å². The van der Waals surface area contributed by atoms with Gasteiger partial charge in [0.05, 0.1) is 19.0 Å². The largest absolute Gasteiger partial charge is 0.462 e. The number of aromatic nitrogens is 2. The van der Waals surface area contributed by atoms with Crippen LogP contribution in [0.2, 0.25) is 0 Å². The van der Waals surface area contributed by atoms with E-state index in [1.54, 1.807) is 30.8 Å². The molecule has 1 N–H and O–H groups in total. The molecule has 1 heterocycles. The van der Waals surface area contributed by atoms with Crippen molar-refractivity contribution in [1.29, 1.82) is 0 Å². The number of nitroso groups, excluding NO2 is 1. The van der Waals surface area contributed by atoms with Crippen molar-refractivity contribution >= 4 is 23.9 Å². The number of aldehydes is 1. The Morgan fingerprint density at radius 3 is 2.32 bits per heavy atom. The molecule has 0 aromatic carbocycles. The predicted molar refractivity (Wildman–Crippen MR) is 192 cm³/mol. The summed E-state index contributed by atoms with van der Waals surface area (Å²) in [7, 11) is 3.01. The number of fused-ring (bicyclic) bond motifs is 7. The normalized spacial score (nSPS) is 35.8. The summed E-state index contributed by atoms with van der Waals surface area (Å²) in [6.07, 6.45) is 10.9. The monoisotopic (exact) mass is 692 g/mol. The predicted octanol–water partition coefficient (Wildman–Crippen LogP) is 7.40. The van der Waals surface area contributed by atoms with Crippen LogP contribution in [0.4, 0.5) is 0 Å². The number of hydrogen-bond donors (Lipinski definition) is 1. The molecule has 0 bridgehead atoms. The van der Waals surface area contributed by atoms with Crippen LogP contribution in [-0.4, -0.2) is 52.4 Å². The molecule has 0 radical (unpaired) electrons. The Morgan fingerprint density at radius 1 is 1.06 bits per heavy atom. The maximum absolute atomic E-state index is 13.8. The summed E-state index contributed by atoms with van der Waals surface area (Å²) in [4.78, 5) is 60.4. The summed E-state index contributed by atoms with van der Waals surface area (Å²) in [6, 6.07) is 1.75. The molecule has 10 nitrogen and oxygen atoms in total. The van der Waals surface area contributed by atoms with Gasteiger partial charge < -0.3 is 14.8 Å². The fourth-order valence-corrected chi connectivity index (χ4v) is 12.1. The first-order chi connectivity index (χ1) is 23.3. The molecule has 6 rings (SSSR count). The maximum Gasteiger partial charge on any atom is 0.307 e. The molecule has 4 saturated carbocycles. The number of ether oxygens (including phenoxy) is 1. The van der Waals surface area contributed by atoms with E-state index in [9.17, 15) is 19.2 Å². The lowest BCUT2D eigenvalue weighted by Crippen LogP contribution is -2.64. The van der Waals surface area contributed by atoms with E-state index in [1.165, 1.54) is 12.6 Å². The van der Waals surface area contributed by atoms with Crippen molar-refractivity contribution < 1.29 is 23.9 Å². The third-order valence-corrected chi connectivity index (χ3v) is 14.0. The van der Waals surface area contributed by atoms with E-state index in [4.69, 9.17) is 9.64 Å². The highest BCUT2D eigenvalue weighted by molar-refractivity contribution is 6.03. The van der Waals surface area contributed by atoms with Gasteiger partial charge >= 0.3 is 5.97 Å². The van der Waals surface area contributed by atoms with E-state index in [2.05, 4.69) is 57.1 Å². The number of amides is 1. The van der Waals surface area contributed by atoms with Crippen molar-refractivity contribution in [3.63, 3.8) is 0 Å². The lowest BCUT2D eigenvalue weighted by atomic mass is 9.37. The fourth-order valence-electron chi connectivity index (χ4n) is 12.1. The highest BCUT2D eigenvalue weighted by atomic mass is 16.5. The van der Waals surface area contributed by atoms with Gasteiger partial charge in [-0.25, -0.2) is 0 Å². The zero-order chi connectivity index (χ0) is 37.0. The Hall–Kier alpha value is -3.17. The molecular weight excluding hydrogens is 632 g/mol. The van der Waals surface area contributed by atoms with Gasteiger partial charge in [0.2, 0.25) is 0 Å². The van der Waals surface area contributed by atoms with Crippen LogP contribution in [0.25, 0.3) is 0 Å². The molecule has 0 spiro atoms. The number of nitrogens with one attached hydrogen (secondary N) is 1. The number of allylic oxidation sites excluding steroid dienone is 1. The molecule has 8 unspecified atom stereocenters. The molecule has 276 valence electrons. The summed E-state index contributed by atoms with van der Waals surface area (Å²) in [5.74, 6) is 1.55. The van der Waals surface area contributed by atoms with Crippen molar-refractivity contribution in [2.45, 2.75) is 131 Å². The lowest BCUT2D eigenvalue weighted by Gasteiger charge is -2.68. The Labute approximate surface area is 298 Å². The Kier molecular flexibility index (Phi) is 10.2. The third kappa shape index (κ3) is 6.31. The molecule has 8 atom stereocenters. The minimum Gasteiger partial charge on any atom is -0.462 e. The van der Waals surface area contributed by atoms with E-state index in [0.717, 1.165) is 63.2 Å². The Bertz CT molecular complexity index is 1560. The van der Waals surface area contributed by atoms with E-state index in [-0.39, 0.29) is 58.3 Å². The number of hydrogen-bond acceptors (Lipinski definition) is 8. The molecular formula is C40H60N4O6. The van der Waals surface area contributed by atoms with Gasteiger partial charge in [0.1, 0.15) is 18.1 Å². The number of ketones is 1. The van der Waals surface area contributed by atoms with Crippen LogP contribution in [0.3, 0.4) is 0 Å². The second-order valence-electron chi connectivity index (χ2n) is 18.3. The van der Waals surface area contributed by atoms with E-state index < -0.39 is 11.0 Å². The van der Waals surface area contributed by atoms with Gasteiger partial charge in [0.15, 0.2) is 5.78 Å². The summed E-state index contributed by atoms with van der Waals surface area (Å²) in [5.41, 5.74) is 1.32. The van der Waals surface area contributed by atoms with Crippen LogP contribution in [0, 0.1) is 56.2 Å². The number of aryl methyl sites for hydroxylation is 1. The minimum absolute atomic E-state index is 0.106. The van der Waals surface area contributed by atoms with Gasteiger partial charge in [-0.3, -0.25) is 19.1 Å². The molecule has 4 fully saturated rings. The SMILES string of the molecule is CC(C)C1=C2C3CCC4C(C)(CCC5C(C)(C)C(OC(=O)CC(C)(C)C=O)CCC54C)C3CCC2(NC(=O)c2ccn(C)n2)CC1=O.CN=O. The maximum atomic E-state index is 13.8. The smallest absolute Gasteiger partial charge is 0.307 e. The summed E-state index contributed by atoms with van der Waals surface area (Å²) >= 11 is 0. The molecule has 10 heteroatoms. The first-order valence-corrected chi connectivity index (χ1v) is 18.8. The van der Waals surface area contributed by atoms with Crippen molar-refractivity contribution in [3.05, 3.63) is 34.0 Å². The van der Waals surface area contributed by atoms with Crippen LogP contribution < -0.4 is 5.32 Å². The van der Waals surface area contributed by atoms with Gasteiger partial charge in [0, 0.05) is 30.5 Å². The second kappa shape index (κ2) is 13.4. The van der Waals surface area contributed by atoms with E-state index in [0.29, 0.717) is 29.9 Å². The highest BCUT2D eigenvalue weighted by Gasteiger charge is 2.67. The fraction of sp³-hybridized carbons (Fsp3) is 0.775. The van der Waals surface area contributed by atoms with Crippen molar-refractivity contribution in [3.8, 4) is 0 Å². The van der Waals surface area contributed by atoms with Gasteiger partial charge in [-0.1, -0.05) is 60.6 Å². The van der Waals surface area contributed by atoms with Crippen LogP contribution in [0.1, 0.15) is 130 Å². The Morgan fingerprint density at radius 2 is 1.72 bits per heavy atom. The molecule has 1 aromatic rings. The molecule has 0 saturated heterocycles. The van der Waals surface area contributed by atoms with Gasteiger partial charge in [0.25, 0.3) is 5.91 Å². The molecule has 50 heavy (non-hydrogen) atoms. The standard InChI is InChI=1S/C39H57N3O5.CH3NO/c1-23(2)32-27(44)20-39(40-34(46)26-15-19-42(9)41-26)18-12-25-24(33(32)39)10-11-29-37(25,7)16-13-28-36(5,6)30(14-17-38(28,29)8)47-31(45)21-35(3,4)22-43;1-2-3/h15,19,22-25,28-30H,10-14,16-18,20-21H2,1-9H3,(H,40,46);1H3. The van der Waals surface area contributed by atoms with Crippen LogP contribution in [-0.2, 0) is 26.2 Å². The number of esters is 1. The number of carbonyl (C=O) groups excluding carboxylic acids is 4. The average Bonchev–Trinajstić information content (AvgIpc) is 3.58. The molecule has 0 aliphatic heterocycles. The van der Waals surface area contributed by atoms with E-state index in [1.807, 2.05) is 7.05 Å². The second-order valence-corrected chi connectivity index (χ2v) is 18.3. The first kappa shape index (κ1) is 38.1. The Balaban J connectivity index is 0.00000156. The quantitative estimate of drug-likeness (QED) is 0.179. The lowest BCUT2D eigenvalue weighted by molar-refractivity contribution is -0.213. The number of nitrogens with zero attached hydrogens (tertiary/aromatic N) is 3. The van der Waals surface area contributed by atoms with Crippen molar-refractivity contribution in [1.82, 2.24) is 15.1 Å². The zero-order valence-corrected chi connectivity index (χ0v) is 32.1. The molecule has 1 amide bonds. The molecule has 5 aliphatic rings. The summed E-state index contributed by atoms with van der Waals surface area (Å²) in [5, 5.41) is 10.0. The van der Waals surface area contributed by atoms with E-state index >= 15 is 0 Å². The van der Waals surface area contributed by atoms with Crippen LogP contribution in [0.15, 0.2) is 28.6 Å². The zero-order valence-electron chi connectivity index (χ0n) is 32.1. The highest BCUT2D eigenvalue weighted by Crippen LogP contribution is 2.72. The molecule has 1 aromatic heterocycles. The van der Waals surface area contributed by atoms with Crippen molar-refractivity contribution in [2.24, 2.45) is 63.5 Å². The minimum atomic E-state index is -0.719.